The molecule has 0 aliphatic carbocycles. The van der Waals surface area contributed by atoms with Crippen molar-refractivity contribution in [3.63, 3.8) is 0 Å². The van der Waals surface area contributed by atoms with E-state index >= 15 is 0 Å². The molecule has 0 aliphatic rings. The van der Waals surface area contributed by atoms with E-state index in [0.29, 0.717) is 59.2 Å². The Morgan fingerprint density at radius 2 is 1.25 bits per heavy atom. The topological polar surface area (TPSA) is 85.9 Å². The Morgan fingerprint density at radius 3 is 1.70 bits per heavy atom. The highest BCUT2D eigenvalue weighted by atomic mass is 16.5. The van der Waals surface area contributed by atoms with Crippen LogP contribution in [-0.4, -0.2) is 64.5 Å². The molecule has 118 valence electrons. The average Bonchev–Trinajstić information content (AvgIpc) is 2.43. The van der Waals surface area contributed by atoms with Gasteiger partial charge in [0.15, 0.2) is 0 Å². The van der Waals surface area contributed by atoms with Crippen molar-refractivity contribution in [1.29, 1.82) is 0 Å². The standard InChI is InChI=1S/C13H26N2O5/c1-3-13(17)15-5-7-19-9-11-20-10-8-18-6-4-14-12(2)16/h3-11H2,1-2H3,(H,14,16)(H,15,17). The van der Waals surface area contributed by atoms with Crippen LogP contribution in [-0.2, 0) is 23.8 Å². The fourth-order valence-electron chi connectivity index (χ4n) is 1.23. The van der Waals surface area contributed by atoms with E-state index in [9.17, 15) is 9.59 Å². The fraction of sp³-hybridized carbons (Fsp3) is 0.846. The summed E-state index contributed by atoms with van der Waals surface area (Å²) < 4.78 is 15.8. The molecule has 0 spiro atoms. The summed E-state index contributed by atoms with van der Waals surface area (Å²) in [5, 5.41) is 5.35. The molecular weight excluding hydrogens is 264 g/mol. The maximum absolute atomic E-state index is 10.9. The van der Waals surface area contributed by atoms with Gasteiger partial charge < -0.3 is 24.8 Å². The Balaban J connectivity index is 3.03. The van der Waals surface area contributed by atoms with Crippen LogP contribution in [0.3, 0.4) is 0 Å². The largest absolute Gasteiger partial charge is 0.377 e. The summed E-state index contributed by atoms with van der Waals surface area (Å²) in [6.07, 6.45) is 0.491. The number of rotatable bonds is 13. The number of amides is 2. The van der Waals surface area contributed by atoms with Crippen LogP contribution >= 0.6 is 0 Å². The zero-order chi connectivity index (χ0) is 15.1. The molecular formula is C13H26N2O5. The first-order valence-electron chi connectivity index (χ1n) is 6.91. The molecule has 0 aromatic heterocycles. The molecule has 0 radical (unpaired) electrons. The lowest BCUT2D eigenvalue weighted by Gasteiger charge is -2.07. The maximum atomic E-state index is 10.9. The van der Waals surface area contributed by atoms with E-state index in [1.807, 2.05) is 6.92 Å². The minimum atomic E-state index is -0.0582. The lowest BCUT2D eigenvalue weighted by atomic mass is 10.4. The van der Waals surface area contributed by atoms with Crippen LogP contribution in [0.25, 0.3) is 0 Å². The van der Waals surface area contributed by atoms with Crippen LogP contribution in [0.1, 0.15) is 20.3 Å². The second kappa shape index (κ2) is 14.2. The van der Waals surface area contributed by atoms with Gasteiger partial charge in [0, 0.05) is 26.4 Å². The van der Waals surface area contributed by atoms with Gasteiger partial charge in [-0.3, -0.25) is 9.59 Å². The Hall–Kier alpha value is -1.18. The third-order valence-electron chi connectivity index (χ3n) is 2.25. The molecule has 0 aliphatic heterocycles. The van der Waals surface area contributed by atoms with Crippen molar-refractivity contribution < 1.29 is 23.8 Å². The van der Waals surface area contributed by atoms with Gasteiger partial charge in [-0.2, -0.15) is 0 Å². The van der Waals surface area contributed by atoms with E-state index in [1.54, 1.807) is 0 Å². The third-order valence-corrected chi connectivity index (χ3v) is 2.25. The van der Waals surface area contributed by atoms with E-state index in [2.05, 4.69) is 10.6 Å². The lowest BCUT2D eigenvalue weighted by molar-refractivity contribution is -0.121. The SMILES string of the molecule is CCC(=O)NCCOCCOCCOCCNC(C)=O. The van der Waals surface area contributed by atoms with E-state index < -0.39 is 0 Å². The summed E-state index contributed by atoms with van der Waals surface area (Å²) in [5.74, 6) is -0.0293. The monoisotopic (exact) mass is 290 g/mol. The predicted molar refractivity (Wildman–Crippen MR) is 74.4 cm³/mol. The summed E-state index contributed by atoms with van der Waals surface area (Å²) in [6.45, 7) is 7.27. The number of hydrogen-bond acceptors (Lipinski definition) is 5. The van der Waals surface area contributed by atoms with Crippen LogP contribution in [0, 0.1) is 0 Å². The third kappa shape index (κ3) is 14.9. The van der Waals surface area contributed by atoms with E-state index in [1.165, 1.54) is 6.92 Å². The normalized spacial score (nSPS) is 10.3. The van der Waals surface area contributed by atoms with E-state index in [-0.39, 0.29) is 11.8 Å². The Kier molecular flexibility index (Phi) is 13.4. The summed E-state index contributed by atoms with van der Waals surface area (Å²) >= 11 is 0. The highest BCUT2D eigenvalue weighted by Crippen LogP contribution is 1.81. The van der Waals surface area contributed by atoms with Gasteiger partial charge in [0.25, 0.3) is 0 Å². The van der Waals surface area contributed by atoms with Gasteiger partial charge in [-0.05, 0) is 0 Å². The minimum Gasteiger partial charge on any atom is -0.377 e. The molecule has 0 rings (SSSR count). The second-order valence-corrected chi connectivity index (χ2v) is 4.02. The van der Waals surface area contributed by atoms with Gasteiger partial charge in [-0.15, -0.1) is 0 Å². The maximum Gasteiger partial charge on any atom is 0.219 e. The molecule has 0 saturated heterocycles. The van der Waals surface area contributed by atoms with Crippen molar-refractivity contribution in [3.8, 4) is 0 Å². The highest BCUT2D eigenvalue weighted by Gasteiger charge is 1.95. The van der Waals surface area contributed by atoms with Gasteiger partial charge in [0.05, 0.1) is 39.6 Å². The molecule has 2 amide bonds. The average molecular weight is 290 g/mol. The number of hydrogen-bond donors (Lipinski definition) is 2. The fourth-order valence-corrected chi connectivity index (χ4v) is 1.23. The van der Waals surface area contributed by atoms with Gasteiger partial charge in [0.2, 0.25) is 11.8 Å². The molecule has 0 heterocycles. The summed E-state index contributed by atoms with van der Waals surface area (Å²) in [4.78, 5) is 21.5. The zero-order valence-electron chi connectivity index (χ0n) is 12.4. The quantitative estimate of drug-likeness (QED) is 0.455. The van der Waals surface area contributed by atoms with Crippen LogP contribution in [0.5, 0.6) is 0 Å². The molecule has 20 heavy (non-hydrogen) atoms. The van der Waals surface area contributed by atoms with E-state index in [4.69, 9.17) is 14.2 Å². The predicted octanol–water partition coefficient (Wildman–Crippen LogP) is -0.301. The molecule has 0 atom stereocenters. The van der Waals surface area contributed by atoms with Gasteiger partial charge in [-0.25, -0.2) is 0 Å². The number of ether oxygens (including phenoxy) is 3. The van der Waals surface area contributed by atoms with Crippen molar-refractivity contribution in [2.45, 2.75) is 20.3 Å². The first-order chi connectivity index (χ1) is 9.66. The number of nitrogens with one attached hydrogen (secondary N) is 2. The molecule has 0 bridgehead atoms. The minimum absolute atomic E-state index is 0.0289. The number of carbonyl (C=O) groups is 2. The Bertz CT molecular complexity index is 261. The first kappa shape index (κ1) is 18.8. The van der Waals surface area contributed by atoms with E-state index in [0.717, 1.165) is 0 Å². The molecule has 7 heteroatoms. The molecule has 7 nitrogen and oxygen atoms in total. The van der Waals surface area contributed by atoms with Crippen LogP contribution in [0.15, 0.2) is 0 Å². The van der Waals surface area contributed by atoms with Crippen LogP contribution < -0.4 is 10.6 Å². The van der Waals surface area contributed by atoms with Crippen molar-refractivity contribution in [2.24, 2.45) is 0 Å². The Morgan fingerprint density at radius 1 is 0.800 bits per heavy atom. The van der Waals surface area contributed by atoms with Crippen LogP contribution in [0.2, 0.25) is 0 Å². The number of carbonyl (C=O) groups excluding carboxylic acids is 2. The molecule has 0 aromatic carbocycles. The van der Waals surface area contributed by atoms with Crippen LogP contribution in [0.4, 0.5) is 0 Å². The molecule has 0 saturated carbocycles. The summed E-state index contributed by atoms with van der Waals surface area (Å²) in [7, 11) is 0. The molecule has 2 N–H and O–H groups in total. The van der Waals surface area contributed by atoms with Gasteiger partial charge in [0.1, 0.15) is 0 Å². The van der Waals surface area contributed by atoms with Gasteiger partial charge >= 0.3 is 0 Å². The molecule has 0 fully saturated rings. The highest BCUT2D eigenvalue weighted by molar-refractivity contribution is 5.75. The summed E-state index contributed by atoms with van der Waals surface area (Å²) in [6, 6.07) is 0. The van der Waals surface area contributed by atoms with Crippen molar-refractivity contribution >= 4 is 11.8 Å². The zero-order valence-corrected chi connectivity index (χ0v) is 12.4. The lowest BCUT2D eigenvalue weighted by Crippen LogP contribution is -2.26. The Labute approximate surface area is 120 Å². The molecule has 0 aromatic rings. The first-order valence-corrected chi connectivity index (χ1v) is 6.91. The van der Waals surface area contributed by atoms with Gasteiger partial charge in [-0.1, -0.05) is 6.92 Å². The van der Waals surface area contributed by atoms with Crippen molar-refractivity contribution in [3.05, 3.63) is 0 Å². The molecule has 0 unspecified atom stereocenters. The second-order valence-electron chi connectivity index (χ2n) is 4.02. The van der Waals surface area contributed by atoms with Crippen molar-refractivity contribution in [1.82, 2.24) is 10.6 Å². The summed E-state index contributed by atoms with van der Waals surface area (Å²) in [5.41, 5.74) is 0. The smallest absolute Gasteiger partial charge is 0.219 e. The van der Waals surface area contributed by atoms with Crippen molar-refractivity contribution in [2.75, 3.05) is 52.7 Å².